The summed E-state index contributed by atoms with van der Waals surface area (Å²) >= 11 is 0. The normalized spacial score (nSPS) is 19.6. The molecule has 1 heterocycles. The van der Waals surface area contributed by atoms with Crippen LogP contribution >= 0.6 is 0 Å². The number of rotatable bonds is 4. The third kappa shape index (κ3) is 3.85. The molecule has 3 rings (SSSR count). The zero-order valence-electron chi connectivity index (χ0n) is 14.7. The second kappa shape index (κ2) is 7.99. The fourth-order valence-corrected chi connectivity index (χ4v) is 3.40. The van der Waals surface area contributed by atoms with Gasteiger partial charge in [-0.15, -0.1) is 0 Å². The van der Waals surface area contributed by atoms with Crippen molar-refractivity contribution in [2.75, 3.05) is 7.11 Å². The molecule has 0 bridgehead atoms. The van der Waals surface area contributed by atoms with Gasteiger partial charge in [-0.1, -0.05) is 18.9 Å². The lowest BCUT2D eigenvalue weighted by Gasteiger charge is -2.30. The zero-order chi connectivity index (χ0) is 18.5. The van der Waals surface area contributed by atoms with E-state index in [1.54, 1.807) is 42.6 Å². The monoisotopic (exact) mass is 354 g/mol. The van der Waals surface area contributed by atoms with E-state index in [1.807, 2.05) is 0 Å². The number of methoxy groups -OCH3 is 1. The molecule has 1 aromatic heterocycles. The molecule has 1 N–H and O–H groups in total. The molecule has 26 heavy (non-hydrogen) atoms. The Balaban J connectivity index is 1.73. The number of hydrogen-bond donors (Lipinski definition) is 1. The van der Waals surface area contributed by atoms with E-state index in [9.17, 15) is 14.4 Å². The van der Waals surface area contributed by atoms with E-state index in [-0.39, 0.29) is 29.4 Å². The number of nitrogens with one attached hydrogen (secondary N) is 1. The van der Waals surface area contributed by atoms with Crippen molar-refractivity contribution in [1.82, 2.24) is 9.88 Å². The van der Waals surface area contributed by atoms with Crippen LogP contribution in [0.2, 0.25) is 0 Å². The van der Waals surface area contributed by atoms with Crippen molar-refractivity contribution in [3.05, 3.63) is 64.6 Å². The second-order valence-electron chi connectivity index (χ2n) is 6.45. The standard InChI is InChI=1S/C20H22N2O4/c1-26-20(25)16-6-2-3-7-17(16)21-19(24)14-9-11-15(12-10-14)22-13-5-4-8-18(22)23/h4-5,8-13,16-17H,2-3,6-7H2,1H3,(H,21,24)/t16-,17-/m0/s1. The minimum atomic E-state index is -0.292. The largest absolute Gasteiger partial charge is 0.469 e. The first kappa shape index (κ1) is 17.9. The van der Waals surface area contributed by atoms with Gasteiger partial charge in [0.25, 0.3) is 11.5 Å². The summed E-state index contributed by atoms with van der Waals surface area (Å²) in [4.78, 5) is 36.3. The number of hydrogen-bond acceptors (Lipinski definition) is 4. The number of ether oxygens (including phenoxy) is 1. The third-order valence-electron chi connectivity index (χ3n) is 4.82. The van der Waals surface area contributed by atoms with Gasteiger partial charge in [0.1, 0.15) is 0 Å². The lowest BCUT2D eigenvalue weighted by molar-refractivity contribution is -0.147. The zero-order valence-corrected chi connectivity index (χ0v) is 14.7. The van der Waals surface area contributed by atoms with Crippen LogP contribution in [0.1, 0.15) is 36.0 Å². The van der Waals surface area contributed by atoms with Gasteiger partial charge >= 0.3 is 5.97 Å². The molecule has 0 saturated heterocycles. The van der Waals surface area contributed by atoms with Crippen LogP contribution in [-0.2, 0) is 9.53 Å². The Morgan fingerprint density at radius 2 is 1.81 bits per heavy atom. The number of benzene rings is 1. The van der Waals surface area contributed by atoms with Gasteiger partial charge in [-0.2, -0.15) is 0 Å². The molecule has 1 saturated carbocycles. The van der Waals surface area contributed by atoms with Crippen LogP contribution in [0.4, 0.5) is 0 Å². The van der Waals surface area contributed by atoms with Gasteiger partial charge in [0, 0.05) is 29.6 Å². The predicted molar refractivity (Wildman–Crippen MR) is 97.3 cm³/mol. The Morgan fingerprint density at radius 3 is 2.50 bits per heavy atom. The predicted octanol–water partition coefficient (Wildman–Crippen LogP) is 2.30. The molecule has 1 aliphatic rings. The Labute approximate surface area is 151 Å². The lowest BCUT2D eigenvalue weighted by Crippen LogP contribution is -2.45. The molecular formula is C20H22N2O4. The molecule has 1 amide bonds. The van der Waals surface area contributed by atoms with Gasteiger partial charge in [0.15, 0.2) is 0 Å². The molecule has 1 fully saturated rings. The van der Waals surface area contributed by atoms with Crippen LogP contribution in [-0.4, -0.2) is 29.6 Å². The minimum absolute atomic E-state index is 0.132. The molecule has 2 atom stereocenters. The summed E-state index contributed by atoms with van der Waals surface area (Å²) < 4.78 is 6.37. The number of nitrogens with zero attached hydrogens (tertiary/aromatic N) is 1. The summed E-state index contributed by atoms with van der Waals surface area (Å²) in [6, 6.07) is 11.6. The molecule has 0 spiro atoms. The fourth-order valence-electron chi connectivity index (χ4n) is 3.40. The molecule has 0 aliphatic heterocycles. The highest BCUT2D eigenvalue weighted by Gasteiger charge is 2.32. The van der Waals surface area contributed by atoms with E-state index < -0.39 is 0 Å². The lowest BCUT2D eigenvalue weighted by atomic mass is 9.84. The molecule has 6 nitrogen and oxygen atoms in total. The van der Waals surface area contributed by atoms with Crippen molar-refractivity contribution in [3.8, 4) is 5.69 Å². The topological polar surface area (TPSA) is 77.4 Å². The Hall–Kier alpha value is -2.89. The average molecular weight is 354 g/mol. The van der Waals surface area contributed by atoms with Crippen LogP contribution in [0.5, 0.6) is 0 Å². The smallest absolute Gasteiger partial charge is 0.310 e. The molecule has 2 aromatic rings. The summed E-state index contributed by atoms with van der Waals surface area (Å²) in [6.07, 6.45) is 5.12. The summed E-state index contributed by atoms with van der Waals surface area (Å²) in [5.41, 5.74) is 1.05. The molecule has 1 aliphatic carbocycles. The number of esters is 1. The van der Waals surface area contributed by atoms with Gasteiger partial charge in [-0.3, -0.25) is 19.0 Å². The Bertz CT molecular complexity index is 841. The van der Waals surface area contributed by atoms with Crippen molar-refractivity contribution in [2.24, 2.45) is 5.92 Å². The highest BCUT2D eigenvalue weighted by Crippen LogP contribution is 2.25. The average Bonchev–Trinajstić information content (AvgIpc) is 2.68. The van der Waals surface area contributed by atoms with Gasteiger partial charge in [-0.25, -0.2) is 0 Å². The van der Waals surface area contributed by atoms with Crippen LogP contribution in [0.15, 0.2) is 53.5 Å². The van der Waals surface area contributed by atoms with Crippen molar-refractivity contribution < 1.29 is 14.3 Å². The van der Waals surface area contributed by atoms with E-state index in [4.69, 9.17) is 4.74 Å². The second-order valence-corrected chi connectivity index (χ2v) is 6.45. The minimum Gasteiger partial charge on any atom is -0.469 e. The number of amides is 1. The first-order chi connectivity index (χ1) is 12.6. The highest BCUT2D eigenvalue weighted by molar-refractivity contribution is 5.95. The number of pyridine rings is 1. The van der Waals surface area contributed by atoms with Gasteiger partial charge in [0.2, 0.25) is 0 Å². The summed E-state index contributed by atoms with van der Waals surface area (Å²) in [5.74, 6) is -0.786. The van der Waals surface area contributed by atoms with E-state index in [1.165, 1.54) is 17.7 Å². The third-order valence-corrected chi connectivity index (χ3v) is 4.82. The summed E-state index contributed by atoms with van der Waals surface area (Å²) in [7, 11) is 1.38. The van der Waals surface area contributed by atoms with E-state index in [0.717, 1.165) is 25.7 Å². The van der Waals surface area contributed by atoms with E-state index >= 15 is 0 Å². The highest BCUT2D eigenvalue weighted by atomic mass is 16.5. The molecule has 6 heteroatoms. The Kier molecular flexibility index (Phi) is 5.51. The first-order valence-corrected chi connectivity index (χ1v) is 8.77. The molecule has 0 radical (unpaired) electrons. The van der Waals surface area contributed by atoms with E-state index in [0.29, 0.717) is 11.3 Å². The van der Waals surface area contributed by atoms with Gasteiger partial charge in [-0.05, 0) is 43.2 Å². The Morgan fingerprint density at radius 1 is 1.08 bits per heavy atom. The number of aromatic nitrogens is 1. The maximum atomic E-state index is 12.6. The van der Waals surface area contributed by atoms with Crippen LogP contribution in [0.25, 0.3) is 5.69 Å². The van der Waals surface area contributed by atoms with E-state index in [2.05, 4.69) is 5.32 Å². The number of carbonyl (C=O) groups is 2. The van der Waals surface area contributed by atoms with Gasteiger partial charge in [0.05, 0.1) is 13.0 Å². The quantitative estimate of drug-likeness (QED) is 0.855. The van der Waals surface area contributed by atoms with Gasteiger partial charge < -0.3 is 10.1 Å². The van der Waals surface area contributed by atoms with Crippen molar-refractivity contribution in [3.63, 3.8) is 0 Å². The molecule has 1 aromatic carbocycles. The summed E-state index contributed by atoms with van der Waals surface area (Å²) in [6.45, 7) is 0. The molecule has 0 unspecified atom stereocenters. The van der Waals surface area contributed by atoms with Crippen molar-refractivity contribution in [1.29, 1.82) is 0 Å². The SMILES string of the molecule is COC(=O)[C@H]1CCCC[C@@H]1NC(=O)c1ccc(-n2ccccc2=O)cc1. The molecule has 136 valence electrons. The van der Waals surface area contributed by atoms with Crippen LogP contribution in [0, 0.1) is 5.92 Å². The maximum Gasteiger partial charge on any atom is 0.310 e. The van der Waals surface area contributed by atoms with Crippen molar-refractivity contribution >= 4 is 11.9 Å². The molecular weight excluding hydrogens is 332 g/mol. The fraction of sp³-hybridized carbons (Fsp3) is 0.350. The maximum absolute atomic E-state index is 12.6. The van der Waals surface area contributed by atoms with Crippen LogP contribution in [0.3, 0.4) is 0 Å². The number of carbonyl (C=O) groups excluding carboxylic acids is 2. The van der Waals surface area contributed by atoms with Crippen LogP contribution < -0.4 is 10.9 Å². The first-order valence-electron chi connectivity index (χ1n) is 8.77. The van der Waals surface area contributed by atoms with Crippen molar-refractivity contribution in [2.45, 2.75) is 31.7 Å². The summed E-state index contributed by atoms with van der Waals surface area (Å²) in [5, 5.41) is 2.96.